The number of amides is 1. The Morgan fingerprint density at radius 1 is 1.79 bits per heavy atom. The van der Waals surface area contributed by atoms with Crippen molar-refractivity contribution < 1.29 is 4.79 Å². The first kappa shape index (κ1) is 11.0. The van der Waals surface area contributed by atoms with Gasteiger partial charge in [-0.1, -0.05) is 17.5 Å². The number of hydrogen-bond donors (Lipinski definition) is 1. The molecule has 0 aliphatic carbocycles. The highest BCUT2D eigenvalue weighted by Crippen LogP contribution is 2.18. The maximum absolute atomic E-state index is 11.4. The molecule has 0 unspecified atom stereocenters. The number of rotatable bonds is 2. The number of carbonyl (C=O) groups is 1. The Bertz CT molecular complexity index is 400. The monoisotopic (exact) mass is 272 g/mol. The van der Waals surface area contributed by atoms with E-state index >= 15 is 0 Å². The summed E-state index contributed by atoms with van der Waals surface area (Å²) in [6, 6.07) is 1.60. The van der Waals surface area contributed by atoms with Gasteiger partial charge in [-0.25, -0.2) is 4.98 Å². The summed E-state index contributed by atoms with van der Waals surface area (Å²) in [7, 11) is 0. The van der Waals surface area contributed by atoms with Gasteiger partial charge in [0.25, 0.3) is 5.91 Å². The van der Waals surface area contributed by atoms with Crippen molar-refractivity contribution in [2.24, 2.45) is 0 Å². The van der Waals surface area contributed by atoms with Crippen LogP contribution in [0.5, 0.6) is 0 Å². The molecule has 14 heavy (non-hydrogen) atoms. The summed E-state index contributed by atoms with van der Waals surface area (Å²) in [4.78, 5) is 15.2. The van der Waals surface area contributed by atoms with Crippen molar-refractivity contribution in [3.63, 3.8) is 0 Å². The minimum absolute atomic E-state index is 0.160. The van der Waals surface area contributed by atoms with Gasteiger partial charge in [0, 0.05) is 10.7 Å². The molecule has 0 radical (unpaired) electrons. The summed E-state index contributed by atoms with van der Waals surface area (Å²) in [5, 5.41) is 2.76. The molecular formula is C9H6BrClN2O. The Morgan fingerprint density at radius 2 is 2.50 bits per heavy atom. The average Bonchev–Trinajstić information content (AvgIpc) is 2.14. The Balaban J connectivity index is 2.86. The zero-order valence-corrected chi connectivity index (χ0v) is 9.39. The Kier molecular flexibility index (Phi) is 3.93. The summed E-state index contributed by atoms with van der Waals surface area (Å²) in [5.41, 5.74) is 0.171. The fraction of sp³-hybridized carbons (Fsp3) is 0.111. The molecule has 0 bridgehead atoms. The summed E-state index contributed by atoms with van der Waals surface area (Å²) >= 11 is 8.99. The molecule has 0 aliphatic rings. The molecule has 1 aromatic rings. The molecule has 0 aromatic carbocycles. The van der Waals surface area contributed by atoms with Gasteiger partial charge in [-0.15, -0.1) is 6.42 Å². The van der Waals surface area contributed by atoms with Crippen molar-refractivity contribution in [2.45, 2.75) is 0 Å². The Morgan fingerprint density at radius 3 is 3.07 bits per heavy atom. The van der Waals surface area contributed by atoms with Crippen LogP contribution in [-0.2, 0) is 0 Å². The molecule has 1 rings (SSSR count). The van der Waals surface area contributed by atoms with Crippen LogP contribution in [0.1, 0.15) is 10.5 Å². The fourth-order valence-electron chi connectivity index (χ4n) is 0.797. The molecule has 1 aromatic heterocycles. The highest BCUT2D eigenvalue weighted by molar-refractivity contribution is 9.10. The second-order valence-electron chi connectivity index (χ2n) is 2.37. The maximum atomic E-state index is 11.4. The lowest BCUT2D eigenvalue weighted by Crippen LogP contribution is -2.24. The molecule has 0 fully saturated rings. The van der Waals surface area contributed by atoms with Crippen molar-refractivity contribution >= 4 is 33.4 Å². The van der Waals surface area contributed by atoms with Crippen LogP contribution in [0.25, 0.3) is 0 Å². The van der Waals surface area contributed by atoms with E-state index in [1.807, 2.05) is 0 Å². The predicted molar refractivity (Wildman–Crippen MR) is 58.1 cm³/mol. The second kappa shape index (κ2) is 4.99. The van der Waals surface area contributed by atoms with Crippen molar-refractivity contribution in [2.75, 3.05) is 6.54 Å². The standard InChI is InChI=1S/C9H6BrClN2O/c1-2-3-12-9(14)8-7(11)4-6(10)5-13-8/h1,4-5H,3H2,(H,12,14). The van der Waals surface area contributed by atoms with Crippen LogP contribution in [0.3, 0.4) is 0 Å². The van der Waals surface area contributed by atoms with Gasteiger partial charge in [0.2, 0.25) is 0 Å². The number of carbonyl (C=O) groups excluding carboxylic acids is 1. The van der Waals surface area contributed by atoms with Crippen LogP contribution < -0.4 is 5.32 Å². The number of pyridine rings is 1. The normalized spacial score (nSPS) is 9.21. The molecule has 0 saturated carbocycles. The number of aromatic nitrogens is 1. The molecule has 0 saturated heterocycles. The lowest BCUT2D eigenvalue weighted by atomic mass is 10.3. The van der Waals surface area contributed by atoms with E-state index in [1.165, 1.54) is 6.20 Å². The Labute approximate surface area is 95.0 Å². The molecule has 0 aliphatic heterocycles. The first-order valence-corrected chi connectivity index (χ1v) is 4.85. The largest absolute Gasteiger partial charge is 0.340 e. The Hall–Kier alpha value is -1.05. The number of halogens is 2. The highest BCUT2D eigenvalue weighted by atomic mass is 79.9. The van der Waals surface area contributed by atoms with Gasteiger partial charge >= 0.3 is 0 Å². The highest BCUT2D eigenvalue weighted by Gasteiger charge is 2.10. The van der Waals surface area contributed by atoms with E-state index in [4.69, 9.17) is 18.0 Å². The average molecular weight is 274 g/mol. The molecule has 72 valence electrons. The van der Waals surface area contributed by atoms with Gasteiger partial charge in [0.1, 0.15) is 5.69 Å². The summed E-state index contributed by atoms with van der Waals surface area (Å²) in [6.45, 7) is 0.160. The van der Waals surface area contributed by atoms with Gasteiger partial charge in [-0.05, 0) is 22.0 Å². The number of hydrogen-bond acceptors (Lipinski definition) is 2. The molecule has 0 atom stereocenters. The minimum Gasteiger partial charge on any atom is -0.340 e. The van der Waals surface area contributed by atoms with Crippen LogP contribution in [0.2, 0.25) is 5.02 Å². The van der Waals surface area contributed by atoms with Gasteiger partial charge < -0.3 is 5.32 Å². The number of nitrogens with zero attached hydrogens (tertiary/aromatic N) is 1. The predicted octanol–water partition coefficient (Wildman–Crippen LogP) is 1.86. The summed E-state index contributed by atoms with van der Waals surface area (Å²) in [5.74, 6) is 1.91. The van der Waals surface area contributed by atoms with Gasteiger partial charge in [-0.2, -0.15) is 0 Å². The SMILES string of the molecule is C#CCNC(=O)c1ncc(Br)cc1Cl. The molecule has 3 nitrogen and oxygen atoms in total. The third-order valence-corrected chi connectivity index (χ3v) is 2.10. The third-order valence-electron chi connectivity index (χ3n) is 1.37. The van der Waals surface area contributed by atoms with E-state index in [0.29, 0.717) is 0 Å². The molecule has 0 spiro atoms. The van der Waals surface area contributed by atoms with Crippen LogP contribution in [0, 0.1) is 12.3 Å². The number of terminal acetylenes is 1. The van der Waals surface area contributed by atoms with Crippen LogP contribution in [-0.4, -0.2) is 17.4 Å². The quantitative estimate of drug-likeness (QED) is 0.836. The van der Waals surface area contributed by atoms with Crippen LogP contribution >= 0.6 is 27.5 Å². The molecule has 1 amide bonds. The molecule has 5 heteroatoms. The van der Waals surface area contributed by atoms with Crippen LogP contribution in [0.15, 0.2) is 16.7 Å². The van der Waals surface area contributed by atoms with E-state index < -0.39 is 0 Å². The van der Waals surface area contributed by atoms with Crippen molar-refractivity contribution in [1.29, 1.82) is 0 Å². The lowest BCUT2D eigenvalue weighted by molar-refractivity contribution is 0.0954. The van der Waals surface area contributed by atoms with E-state index in [0.717, 1.165) is 4.47 Å². The van der Waals surface area contributed by atoms with E-state index in [1.54, 1.807) is 6.07 Å². The number of nitrogens with one attached hydrogen (secondary N) is 1. The van der Waals surface area contributed by atoms with Gasteiger partial charge in [0.05, 0.1) is 11.6 Å². The van der Waals surface area contributed by atoms with Crippen molar-refractivity contribution in [1.82, 2.24) is 10.3 Å². The fourth-order valence-corrected chi connectivity index (χ4v) is 1.51. The molecule has 1 heterocycles. The van der Waals surface area contributed by atoms with Crippen molar-refractivity contribution in [3.05, 3.63) is 27.5 Å². The van der Waals surface area contributed by atoms with Gasteiger partial charge in [-0.3, -0.25) is 4.79 Å². The zero-order valence-electron chi connectivity index (χ0n) is 7.05. The second-order valence-corrected chi connectivity index (χ2v) is 3.69. The first-order chi connectivity index (χ1) is 6.65. The maximum Gasteiger partial charge on any atom is 0.272 e. The molecule has 1 N–H and O–H groups in total. The lowest BCUT2D eigenvalue weighted by Gasteiger charge is -2.02. The smallest absolute Gasteiger partial charge is 0.272 e. The third kappa shape index (κ3) is 2.72. The topological polar surface area (TPSA) is 42.0 Å². The van der Waals surface area contributed by atoms with Crippen LogP contribution in [0.4, 0.5) is 0 Å². The van der Waals surface area contributed by atoms with E-state index in [2.05, 4.69) is 32.2 Å². The van der Waals surface area contributed by atoms with E-state index in [9.17, 15) is 4.79 Å². The summed E-state index contributed by atoms with van der Waals surface area (Å²) < 4.78 is 0.719. The van der Waals surface area contributed by atoms with Crippen molar-refractivity contribution in [3.8, 4) is 12.3 Å². The minimum atomic E-state index is -0.375. The first-order valence-electron chi connectivity index (χ1n) is 3.68. The van der Waals surface area contributed by atoms with E-state index in [-0.39, 0.29) is 23.2 Å². The van der Waals surface area contributed by atoms with Gasteiger partial charge in [0.15, 0.2) is 0 Å². The summed E-state index contributed by atoms with van der Waals surface area (Å²) in [6.07, 6.45) is 6.49. The molecular weight excluding hydrogens is 267 g/mol. The zero-order chi connectivity index (χ0) is 10.6.